The van der Waals surface area contributed by atoms with Crippen LogP contribution in [0.5, 0.6) is 0 Å². The van der Waals surface area contributed by atoms with Crippen molar-refractivity contribution >= 4 is 106 Å². The molecule has 39 nitrogen and oxygen atoms in total. The van der Waals surface area contributed by atoms with Gasteiger partial charge in [-0.1, -0.05) is 195 Å². The fourth-order valence-electron chi connectivity index (χ4n) is 19.9. The minimum absolute atomic E-state index is 0.0427. The molecule has 2 bridgehead atoms. The molecule has 11 amide bonds. The number of esters is 4. The molecule has 3 aliphatic carbocycles. The van der Waals surface area contributed by atoms with Crippen LogP contribution in [0.3, 0.4) is 0 Å². The van der Waals surface area contributed by atoms with Crippen LogP contribution in [0, 0.1) is 40.4 Å². The van der Waals surface area contributed by atoms with Gasteiger partial charge in [-0.15, -0.1) is 0 Å². The Morgan fingerprint density at radius 2 is 1.21 bits per heavy atom. The van der Waals surface area contributed by atoms with Gasteiger partial charge in [0.05, 0.1) is 48.6 Å². The fraction of sp³-hybridized carbons (Fsp3) is 0.486. The average Bonchev–Trinajstić information content (AvgIpc) is 1.59. The van der Waals surface area contributed by atoms with E-state index in [4.69, 9.17) is 39.9 Å². The molecule has 3 fully saturated rings. The maximum atomic E-state index is 16.3. The van der Waals surface area contributed by atoms with Crippen molar-refractivity contribution < 1.29 is 120 Å². The first-order chi connectivity index (χ1) is 69.2. The highest BCUT2D eigenvalue weighted by molar-refractivity contribution is 6.00. The van der Waals surface area contributed by atoms with Gasteiger partial charge in [0, 0.05) is 129 Å². The molecule has 2 saturated carbocycles. The Morgan fingerprint density at radius 3 is 1.82 bits per heavy atom. The van der Waals surface area contributed by atoms with Gasteiger partial charge in [-0.05, 0) is 110 Å². The summed E-state index contributed by atoms with van der Waals surface area (Å²) in [7, 11) is 0. The van der Waals surface area contributed by atoms with Gasteiger partial charge in [0.1, 0.15) is 54.5 Å². The summed E-state index contributed by atoms with van der Waals surface area (Å²) in [5.74, 6) is -16.8. The van der Waals surface area contributed by atoms with Crippen molar-refractivity contribution in [2.45, 2.75) is 276 Å². The van der Waals surface area contributed by atoms with Crippen molar-refractivity contribution in [3.8, 4) is 0 Å². The quantitative estimate of drug-likeness (QED) is 0.00922. The summed E-state index contributed by atoms with van der Waals surface area (Å²) in [6, 6.07) is 28.2. The third-order valence-corrected chi connectivity index (χ3v) is 27.6. The summed E-state index contributed by atoms with van der Waals surface area (Å²) in [5, 5.41) is 63.7. The molecule has 146 heavy (non-hydrogen) atoms. The number of hydrogen-bond acceptors (Lipinski definition) is 26. The maximum absolute atomic E-state index is 16.3. The van der Waals surface area contributed by atoms with Gasteiger partial charge < -0.3 is 113 Å². The number of para-hydroxylation sites is 1. The van der Waals surface area contributed by atoms with Gasteiger partial charge in [-0.25, -0.2) is 9.78 Å². The number of imidazole rings is 1. The molecule has 0 spiro atoms. The van der Waals surface area contributed by atoms with Crippen molar-refractivity contribution in [3.05, 3.63) is 221 Å². The summed E-state index contributed by atoms with van der Waals surface area (Å²) in [4.78, 5) is 240. The van der Waals surface area contributed by atoms with E-state index in [-0.39, 0.29) is 78.4 Å². The highest BCUT2D eigenvalue weighted by Gasteiger charge is 2.75. The van der Waals surface area contributed by atoms with E-state index in [0.717, 1.165) is 13.8 Å². The Morgan fingerprint density at radius 1 is 0.616 bits per heavy atom. The number of aromatic amines is 2. The predicted octanol–water partition coefficient (Wildman–Crippen LogP) is 5.83. The number of fused-ring (bicyclic) bond motifs is 6. The molecule has 0 radical (unpaired) electrons. The molecular weight excluding hydrogens is 1880 g/mol. The number of aromatic nitrogens is 3. The van der Waals surface area contributed by atoms with Crippen LogP contribution in [-0.4, -0.2) is 228 Å². The Hall–Kier alpha value is -14.2. The molecule has 39 heteroatoms. The third-order valence-electron chi connectivity index (χ3n) is 27.6. The standard InChI is InChI=1S/C107H136N14O25/c1-58(2)45-69(94(109)130)41-42-71(46-59(3)4)115-99(135)78(49-72-54-110-57-113-72)117-85(127)55-112-101(137)88(60(5)6)120-95(131)62(8)114-98(134)77(48-70-53-111-74-38-27-26-37-73(70)74)119-97(133)75(43-44-83(108)125)118-100(136)76(47-65-29-18-14-19-30-65)116-84(126)39-28-40-86(128)145-91(89(66-31-20-15-21-32-66)121-96(132)67-33-22-16-23-34-67)103(139)143-79-51-106(140)52-80(144-102(138)68-35-24-17-25-36-68)92-105(13,81(124)50-82-107(92,56-141-82)146-64(10)123)93(129)90(142-63(9)122)87(61(79)7)104(106,11)12/h14-27,29-38,41-42,53-54,57-60,62,69,71,75-82,88-92,102,111,124,138,140H,28,39-40,43-52,55-56H2,1-13H3,(H2,108,125)(H2,109,130)(H,110,113)(H,112,137)(H,114,134)(H,115,135)(H,116,126)(H,117,127)(H,118,136)(H,119,133)(H,120,131)(H,121,132)/b42-41+/t62-,69-,71+,75-,76-,77-,78-,79-,80?,81-,82+,88-,89+,90+,91+,92?,102?,105+,106+,107-/m0/s1. The van der Waals surface area contributed by atoms with Gasteiger partial charge in [-0.2, -0.15) is 0 Å². The van der Waals surface area contributed by atoms with E-state index in [0.29, 0.717) is 40.6 Å². The predicted molar refractivity (Wildman–Crippen MR) is 531 cm³/mol. The second-order valence-electron chi connectivity index (χ2n) is 40.1. The minimum Gasteiger partial charge on any atom is -0.455 e. The number of hydrogen-bond donors (Lipinski definition) is 16. The van der Waals surface area contributed by atoms with Crippen LogP contribution in [0.4, 0.5) is 0 Å². The number of ketones is 1. The molecule has 11 rings (SSSR count). The van der Waals surface area contributed by atoms with Gasteiger partial charge in [0.25, 0.3) is 5.91 Å². The highest BCUT2D eigenvalue weighted by atomic mass is 16.6. The number of H-pyrrole nitrogens is 2. The van der Waals surface area contributed by atoms with Crippen molar-refractivity contribution in [2.75, 3.05) is 13.2 Å². The number of carbonyl (C=O) groups excluding carboxylic acids is 16. The topological polar surface area (TPSA) is 594 Å². The molecular formula is C107H136N14O25. The van der Waals surface area contributed by atoms with Crippen LogP contribution in [0.1, 0.15) is 205 Å². The number of primary amides is 2. The highest BCUT2D eigenvalue weighted by Crippen LogP contribution is 2.63. The monoisotopic (exact) mass is 2020 g/mol. The number of aliphatic hydroxyl groups excluding tert-OH is 2. The fourth-order valence-corrected chi connectivity index (χ4v) is 19.9. The van der Waals surface area contributed by atoms with Crippen LogP contribution >= 0.6 is 0 Å². The van der Waals surface area contributed by atoms with Crippen LogP contribution in [0.2, 0.25) is 0 Å². The zero-order chi connectivity index (χ0) is 106. The molecule has 2 aromatic heterocycles. The molecule has 784 valence electrons. The Bertz CT molecular complexity index is 5880. The smallest absolute Gasteiger partial charge is 0.350 e. The third kappa shape index (κ3) is 28.3. The lowest BCUT2D eigenvalue weighted by Gasteiger charge is -2.63. The van der Waals surface area contributed by atoms with Gasteiger partial charge >= 0.3 is 23.9 Å². The molecule has 7 aromatic rings. The first-order valence-electron chi connectivity index (χ1n) is 49.2. The van der Waals surface area contributed by atoms with Gasteiger partial charge in [0.2, 0.25) is 65.2 Å². The summed E-state index contributed by atoms with van der Waals surface area (Å²) >= 11 is 0. The van der Waals surface area contributed by atoms with E-state index in [1.165, 1.54) is 57.6 Å². The number of nitrogens with zero attached hydrogens (tertiary/aromatic N) is 1. The Kier molecular flexibility index (Phi) is 38.5. The number of carbonyl (C=O) groups is 16. The summed E-state index contributed by atoms with van der Waals surface area (Å²) in [6.45, 7) is 19.6. The zero-order valence-corrected chi connectivity index (χ0v) is 84.3. The lowest BCUT2D eigenvalue weighted by atomic mass is 9.52. The summed E-state index contributed by atoms with van der Waals surface area (Å²) < 4.78 is 37.8. The van der Waals surface area contributed by atoms with Crippen LogP contribution in [0.25, 0.3) is 10.9 Å². The van der Waals surface area contributed by atoms with Crippen molar-refractivity contribution in [1.82, 2.24) is 62.8 Å². The van der Waals surface area contributed by atoms with Crippen LogP contribution in [-0.2, 0) is 120 Å². The van der Waals surface area contributed by atoms with Crippen LogP contribution in [0.15, 0.2) is 188 Å². The SMILES string of the molecule is CC(=O)O[C@H]1C(=O)[C@@]2(C)C(C(OC(O)c3ccccc3)C[C@]3(O)C[C@H](OC(=O)[C@H](OC(=O)CCCC(=O)N[C@@H](Cc4ccccc4)C(=O)N[C@@H](CCC(N)=O)C(=O)N[C@@H](Cc4c[nH]c5ccccc45)C(=O)N[C@@H](C)C(=O)N[C@H](C(=O)NCC(=O)N[C@@H](Cc4cnc[nH]4)C(=O)N[C@H](/C=C/[C@@H](CC(C)C)C(N)=O)CC(C)C)C(C)C)[C@H](NC(=O)c4ccccc4)c4ccccc4)C(C)=C1C3(C)C)[C@]1(OC(C)=O)CO[C@@H]1C[C@@H]2O. The zero-order valence-electron chi connectivity index (χ0n) is 84.3. The second kappa shape index (κ2) is 50.1. The maximum Gasteiger partial charge on any atom is 0.350 e. The van der Waals surface area contributed by atoms with E-state index >= 15 is 19.2 Å². The molecule has 18 N–H and O–H groups in total. The van der Waals surface area contributed by atoms with E-state index in [1.54, 1.807) is 167 Å². The van der Waals surface area contributed by atoms with Crippen LogP contribution < -0.4 is 59.3 Å². The number of rotatable bonds is 48. The second-order valence-corrected chi connectivity index (χ2v) is 40.1. The molecule has 1 aliphatic heterocycles. The lowest BCUT2D eigenvalue weighted by molar-refractivity contribution is -0.342. The van der Waals surface area contributed by atoms with Crippen molar-refractivity contribution in [1.29, 1.82) is 0 Å². The number of amides is 11. The van der Waals surface area contributed by atoms with Gasteiger partial charge in [-0.3, -0.25) is 71.9 Å². The lowest BCUT2D eigenvalue weighted by Crippen LogP contribution is -2.77. The number of nitrogens with two attached hydrogens (primary N) is 2. The molecule has 20 atom stereocenters. The largest absolute Gasteiger partial charge is 0.455 e. The normalized spacial score (nSPS) is 22.2. The first-order valence-corrected chi connectivity index (χ1v) is 49.2. The average molecular weight is 2020 g/mol. The number of nitrogens with one attached hydrogen (secondary N) is 11. The molecule has 3 unspecified atom stereocenters. The van der Waals surface area contributed by atoms with Gasteiger partial charge in [0.15, 0.2) is 23.8 Å². The number of benzene rings is 5. The number of ether oxygens (including phenoxy) is 6. The van der Waals surface area contributed by atoms with Crippen molar-refractivity contribution in [2.24, 2.45) is 51.9 Å². The summed E-state index contributed by atoms with van der Waals surface area (Å²) in [5.41, 5.74) is 6.13. The van der Waals surface area contributed by atoms with E-state index in [2.05, 4.69) is 62.8 Å². The van der Waals surface area contributed by atoms with E-state index in [9.17, 15) is 72.9 Å². The number of Topliss-reactive ketones (excluding diaryl/α,β-unsaturated/α-hetero) is 1. The molecule has 3 heterocycles. The molecule has 1 saturated heterocycles. The minimum atomic E-state index is -2.30. The van der Waals surface area contributed by atoms with Crippen molar-refractivity contribution in [3.63, 3.8) is 0 Å². The Labute approximate surface area is 846 Å². The first kappa shape index (κ1) is 112. The molecule has 4 aliphatic rings. The number of aliphatic hydroxyl groups is 3. The molecule has 5 aromatic carbocycles. The van der Waals surface area contributed by atoms with E-state index in [1.807, 2.05) is 27.7 Å². The Balaban J connectivity index is 0.809. The van der Waals surface area contributed by atoms with E-state index < -0.39 is 271 Å². The summed E-state index contributed by atoms with van der Waals surface area (Å²) in [6.07, 6.45) is -7.63.